The number of piperidine rings is 1. The first kappa shape index (κ1) is 22.8. The molecular weight excluding hydrogens is 424 g/mol. The molecule has 2 amide bonds. The third-order valence-electron chi connectivity index (χ3n) is 6.50. The number of nitrogens with zero attached hydrogens (tertiary/aromatic N) is 1. The van der Waals surface area contributed by atoms with Crippen molar-refractivity contribution in [2.45, 2.75) is 31.3 Å². The molecule has 3 N–H and O–H groups in total. The standard InChI is InChI=1S/C25H28N2O6/c1-16(22(28)27-12-6-11-25(32,15-27)23(29)30)13-26-24(31)33-14-21-19-9-4-2-7-17(19)18-8-3-5-10-20(18)21/h2-5,7-10,16,21,32H,6,11-15H2,1H3,(H,26,31)(H,29,30). The van der Waals surface area contributed by atoms with Gasteiger partial charge in [-0.15, -0.1) is 0 Å². The van der Waals surface area contributed by atoms with Gasteiger partial charge in [-0.3, -0.25) is 4.79 Å². The zero-order chi connectivity index (χ0) is 23.6. The Bertz CT molecular complexity index is 1020. The van der Waals surface area contributed by atoms with Gasteiger partial charge in [0.1, 0.15) is 6.61 Å². The Balaban J connectivity index is 1.30. The number of carbonyl (C=O) groups excluding carboxylic acids is 2. The highest BCUT2D eigenvalue weighted by atomic mass is 16.5. The van der Waals surface area contributed by atoms with E-state index < -0.39 is 23.6 Å². The van der Waals surface area contributed by atoms with Gasteiger partial charge >= 0.3 is 12.1 Å². The number of rotatable bonds is 6. The molecule has 2 aromatic carbocycles. The molecule has 2 atom stereocenters. The van der Waals surface area contributed by atoms with Gasteiger partial charge < -0.3 is 25.2 Å². The second-order valence-electron chi connectivity index (χ2n) is 8.81. The van der Waals surface area contributed by atoms with Gasteiger partial charge in [0.25, 0.3) is 0 Å². The van der Waals surface area contributed by atoms with Crippen molar-refractivity contribution >= 4 is 18.0 Å². The zero-order valence-electron chi connectivity index (χ0n) is 18.5. The molecule has 1 saturated heterocycles. The summed E-state index contributed by atoms with van der Waals surface area (Å²) in [4.78, 5) is 37.7. The fourth-order valence-corrected chi connectivity index (χ4v) is 4.68. The molecule has 0 saturated carbocycles. The molecule has 2 aromatic rings. The van der Waals surface area contributed by atoms with E-state index >= 15 is 0 Å². The smallest absolute Gasteiger partial charge is 0.407 e. The van der Waals surface area contributed by atoms with Crippen LogP contribution in [0.4, 0.5) is 4.79 Å². The van der Waals surface area contributed by atoms with Gasteiger partial charge in [-0.25, -0.2) is 9.59 Å². The largest absolute Gasteiger partial charge is 0.479 e. The quantitative estimate of drug-likeness (QED) is 0.621. The average Bonchev–Trinajstić information content (AvgIpc) is 3.14. The first-order valence-corrected chi connectivity index (χ1v) is 11.1. The van der Waals surface area contributed by atoms with Crippen LogP contribution >= 0.6 is 0 Å². The molecule has 1 fully saturated rings. The summed E-state index contributed by atoms with van der Waals surface area (Å²) in [6.07, 6.45) is -0.100. The summed E-state index contributed by atoms with van der Waals surface area (Å²) in [6.45, 7) is 2.01. The molecule has 0 bridgehead atoms. The zero-order valence-corrected chi connectivity index (χ0v) is 18.5. The first-order valence-electron chi connectivity index (χ1n) is 11.1. The number of β-amino-alcohol motifs (C(OH)–C–C–N with tert-alkyl or cyclic N) is 1. The van der Waals surface area contributed by atoms with Crippen LogP contribution in [-0.2, 0) is 14.3 Å². The highest BCUT2D eigenvalue weighted by Gasteiger charge is 2.42. The Kier molecular flexibility index (Phi) is 6.37. The topological polar surface area (TPSA) is 116 Å². The molecule has 174 valence electrons. The lowest BCUT2D eigenvalue weighted by molar-refractivity contribution is -0.167. The summed E-state index contributed by atoms with van der Waals surface area (Å²) in [7, 11) is 0. The first-order chi connectivity index (χ1) is 15.8. The van der Waals surface area contributed by atoms with Gasteiger partial charge in [0.2, 0.25) is 5.91 Å². The molecule has 8 heteroatoms. The minimum absolute atomic E-state index is 0.0516. The van der Waals surface area contributed by atoms with Crippen molar-refractivity contribution in [3.63, 3.8) is 0 Å². The van der Waals surface area contributed by atoms with Crippen LogP contribution in [0.5, 0.6) is 0 Å². The van der Waals surface area contributed by atoms with Crippen molar-refractivity contribution in [3.8, 4) is 11.1 Å². The van der Waals surface area contributed by atoms with Crippen molar-refractivity contribution in [3.05, 3.63) is 59.7 Å². The number of carboxylic acids is 1. The molecule has 33 heavy (non-hydrogen) atoms. The minimum atomic E-state index is -1.92. The van der Waals surface area contributed by atoms with Crippen molar-refractivity contribution < 1.29 is 29.3 Å². The number of aliphatic carboxylic acids is 1. The Morgan fingerprint density at radius 1 is 1.12 bits per heavy atom. The van der Waals surface area contributed by atoms with Gasteiger partial charge in [-0.05, 0) is 35.1 Å². The molecule has 0 aromatic heterocycles. The SMILES string of the molecule is CC(CNC(=O)OCC1c2ccccc2-c2ccccc21)C(=O)N1CCCC(O)(C(=O)O)C1. The summed E-state index contributed by atoms with van der Waals surface area (Å²) in [5, 5.41) is 22.0. The van der Waals surface area contributed by atoms with Crippen molar-refractivity contribution in [2.24, 2.45) is 5.92 Å². The van der Waals surface area contributed by atoms with Gasteiger partial charge in [0.05, 0.1) is 12.5 Å². The number of hydrogen-bond acceptors (Lipinski definition) is 5. The minimum Gasteiger partial charge on any atom is -0.479 e. The Morgan fingerprint density at radius 2 is 1.73 bits per heavy atom. The second kappa shape index (κ2) is 9.23. The highest BCUT2D eigenvalue weighted by molar-refractivity contribution is 5.83. The van der Waals surface area contributed by atoms with Crippen molar-refractivity contribution in [2.75, 3.05) is 26.2 Å². The van der Waals surface area contributed by atoms with E-state index in [-0.39, 0.29) is 37.9 Å². The number of amides is 2. The number of nitrogens with one attached hydrogen (secondary N) is 1. The Hall–Kier alpha value is -3.39. The van der Waals surface area contributed by atoms with E-state index in [1.807, 2.05) is 36.4 Å². The number of aliphatic hydroxyl groups is 1. The van der Waals surface area contributed by atoms with Crippen molar-refractivity contribution in [1.29, 1.82) is 0 Å². The van der Waals surface area contributed by atoms with Crippen LogP contribution in [0, 0.1) is 5.92 Å². The number of ether oxygens (including phenoxy) is 1. The monoisotopic (exact) mass is 452 g/mol. The average molecular weight is 453 g/mol. The van der Waals surface area contributed by atoms with Crippen LogP contribution in [-0.4, -0.2) is 64.9 Å². The third kappa shape index (κ3) is 4.57. The van der Waals surface area contributed by atoms with E-state index in [1.165, 1.54) is 4.90 Å². The molecule has 1 heterocycles. The fourth-order valence-electron chi connectivity index (χ4n) is 4.68. The van der Waals surface area contributed by atoms with Crippen LogP contribution < -0.4 is 5.32 Å². The molecular formula is C25H28N2O6. The lowest BCUT2D eigenvalue weighted by Crippen LogP contribution is -2.56. The number of alkyl carbamates (subject to hydrolysis) is 1. The third-order valence-corrected chi connectivity index (χ3v) is 6.50. The maximum atomic E-state index is 12.7. The number of benzene rings is 2. The van der Waals surface area contributed by atoms with E-state index in [4.69, 9.17) is 4.74 Å². The van der Waals surface area contributed by atoms with E-state index in [2.05, 4.69) is 17.4 Å². The molecule has 1 aliphatic carbocycles. The number of likely N-dealkylation sites (tertiary alicyclic amines) is 1. The van der Waals surface area contributed by atoms with E-state index in [0.717, 1.165) is 22.3 Å². The van der Waals surface area contributed by atoms with Crippen LogP contribution in [0.2, 0.25) is 0 Å². The van der Waals surface area contributed by atoms with E-state index in [9.17, 15) is 24.6 Å². The highest BCUT2D eigenvalue weighted by Crippen LogP contribution is 2.44. The van der Waals surface area contributed by atoms with Gasteiger partial charge in [-0.2, -0.15) is 0 Å². The molecule has 2 aliphatic rings. The van der Waals surface area contributed by atoms with Crippen molar-refractivity contribution in [1.82, 2.24) is 10.2 Å². The number of carbonyl (C=O) groups is 3. The normalized spacial score (nSPS) is 20.5. The van der Waals surface area contributed by atoms with E-state index in [0.29, 0.717) is 13.0 Å². The number of fused-ring (bicyclic) bond motifs is 3. The van der Waals surface area contributed by atoms with Crippen LogP contribution in [0.25, 0.3) is 11.1 Å². The summed E-state index contributed by atoms with van der Waals surface area (Å²) in [5.74, 6) is -2.27. The number of carboxylic acid groups (broad SMARTS) is 1. The predicted molar refractivity (Wildman–Crippen MR) is 121 cm³/mol. The molecule has 0 radical (unpaired) electrons. The molecule has 8 nitrogen and oxygen atoms in total. The lowest BCUT2D eigenvalue weighted by atomic mass is 9.92. The molecule has 4 rings (SSSR count). The predicted octanol–water partition coefficient (Wildman–Crippen LogP) is 2.60. The van der Waals surface area contributed by atoms with Gasteiger partial charge in [-0.1, -0.05) is 55.5 Å². The summed E-state index contributed by atoms with van der Waals surface area (Å²) in [5.41, 5.74) is 2.60. The van der Waals surface area contributed by atoms with Gasteiger partial charge in [0, 0.05) is 19.0 Å². The van der Waals surface area contributed by atoms with E-state index in [1.54, 1.807) is 6.92 Å². The summed E-state index contributed by atoms with van der Waals surface area (Å²) in [6, 6.07) is 16.1. The lowest BCUT2D eigenvalue weighted by Gasteiger charge is -2.37. The molecule has 1 aliphatic heterocycles. The van der Waals surface area contributed by atoms with Gasteiger partial charge in [0.15, 0.2) is 5.60 Å². The second-order valence-corrected chi connectivity index (χ2v) is 8.81. The Morgan fingerprint density at radius 3 is 2.33 bits per heavy atom. The maximum absolute atomic E-state index is 12.7. The fraction of sp³-hybridized carbons (Fsp3) is 0.400. The van der Waals surface area contributed by atoms with Crippen LogP contribution in [0.15, 0.2) is 48.5 Å². The number of hydrogen-bond donors (Lipinski definition) is 3. The summed E-state index contributed by atoms with van der Waals surface area (Å²) >= 11 is 0. The molecule has 0 spiro atoms. The summed E-state index contributed by atoms with van der Waals surface area (Å²) < 4.78 is 5.49. The molecule has 2 unspecified atom stereocenters. The van der Waals surface area contributed by atoms with Crippen LogP contribution in [0.3, 0.4) is 0 Å². The Labute approximate surface area is 192 Å². The maximum Gasteiger partial charge on any atom is 0.407 e. The van der Waals surface area contributed by atoms with Crippen LogP contribution in [0.1, 0.15) is 36.8 Å².